The summed E-state index contributed by atoms with van der Waals surface area (Å²) < 4.78 is 7.78. The number of ether oxygens (including phenoxy) is 1. The van der Waals surface area contributed by atoms with Crippen molar-refractivity contribution in [3.8, 4) is 5.75 Å². The van der Waals surface area contributed by atoms with Crippen LogP contribution < -0.4 is 10.5 Å². The molecule has 2 aliphatic rings. The molecule has 18 heavy (non-hydrogen) atoms. The van der Waals surface area contributed by atoms with E-state index in [0.717, 1.165) is 40.6 Å². The Kier molecular flexibility index (Phi) is 3.14. The maximum atomic E-state index is 11.2. The smallest absolute Gasteiger partial charge is 0.218 e. The van der Waals surface area contributed by atoms with Gasteiger partial charge in [0.1, 0.15) is 5.75 Å². The highest BCUT2D eigenvalue weighted by Gasteiger charge is 2.34. The summed E-state index contributed by atoms with van der Waals surface area (Å²) in [7, 11) is 0. The zero-order valence-electron chi connectivity index (χ0n) is 9.76. The van der Waals surface area contributed by atoms with Crippen LogP contribution in [0.25, 0.3) is 0 Å². The second-order valence-corrected chi connectivity index (χ2v) is 6.42. The van der Waals surface area contributed by atoms with Gasteiger partial charge in [-0.15, -0.1) is 0 Å². The van der Waals surface area contributed by atoms with Crippen LogP contribution in [0, 0.1) is 0 Å². The average molecular weight is 375 g/mol. The van der Waals surface area contributed by atoms with Crippen molar-refractivity contribution in [3.63, 3.8) is 0 Å². The lowest BCUT2D eigenvalue weighted by molar-refractivity contribution is -0.118. The van der Waals surface area contributed by atoms with Gasteiger partial charge in [-0.1, -0.05) is 0 Å². The Morgan fingerprint density at radius 3 is 2.78 bits per heavy atom. The summed E-state index contributed by atoms with van der Waals surface area (Å²) in [4.78, 5) is 11.2. The van der Waals surface area contributed by atoms with E-state index in [1.807, 2.05) is 0 Å². The zero-order valence-corrected chi connectivity index (χ0v) is 12.9. The van der Waals surface area contributed by atoms with Gasteiger partial charge in [0.2, 0.25) is 5.91 Å². The third-order valence-electron chi connectivity index (χ3n) is 3.78. The average Bonchev–Trinajstić information content (AvgIpc) is 2.91. The molecule has 1 aromatic carbocycles. The Morgan fingerprint density at radius 2 is 2.06 bits per heavy atom. The molecule has 0 spiro atoms. The normalized spacial score (nSPS) is 20.4. The van der Waals surface area contributed by atoms with Gasteiger partial charge in [-0.25, -0.2) is 0 Å². The van der Waals surface area contributed by atoms with Crippen LogP contribution >= 0.6 is 31.9 Å². The second kappa shape index (κ2) is 4.53. The molecule has 2 N–H and O–H groups in total. The number of halogens is 2. The Hall–Kier alpha value is -0.550. The first-order valence-electron chi connectivity index (χ1n) is 6.03. The number of fused-ring (bicyclic) bond motifs is 3. The van der Waals surface area contributed by atoms with E-state index in [1.54, 1.807) is 0 Å². The van der Waals surface area contributed by atoms with Crippen molar-refractivity contribution in [2.24, 2.45) is 5.73 Å². The molecule has 0 aromatic heterocycles. The summed E-state index contributed by atoms with van der Waals surface area (Å²) in [6.07, 6.45) is 3.37. The molecule has 5 heteroatoms. The lowest BCUT2D eigenvalue weighted by Crippen LogP contribution is -2.14. The molecule has 0 bridgehead atoms. The summed E-state index contributed by atoms with van der Waals surface area (Å²) in [5.41, 5.74) is 9.24. The van der Waals surface area contributed by atoms with Crippen LogP contribution in [0.1, 0.15) is 35.4 Å². The minimum absolute atomic E-state index is 0.223. The molecule has 1 aliphatic heterocycles. The van der Waals surface area contributed by atoms with Gasteiger partial charge in [0.05, 0.1) is 11.1 Å². The van der Waals surface area contributed by atoms with Gasteiger partial charge in [0, 0.05) is 22.9 Å². The monoisotopic (exact) mass is 373 g/mol. The van der Waals surface area contributed by atoms with Crippen molar-refractivity contribution in [1.29, 1.82) is 0 Å². The molecule has 3 nitrogen and oxygen atoms in total. The molecule has 0 saturated heterocycles. The van der Waals surface area contributed by atoms with Crippen LogP contribution in [0.15, 0.2) is 8.95 Å². The number of amides is 1. The first-order chi connectivity index (χ1) is 8.59. The summed E-state index contributed by atoms with van der Waals surface area (Å²) in [6.45, 7) is 0.722. The molecule has 0 radical (unpaired) electrons. The highest BCUT2D eigenvalue weighted by atomic mass is 79.9. The number of hydrogen-bond acceptors (Lipinski definition) is 2. The lowest BCUT2D eigenvalue weighted by atomic mass is 9.92. The molecule has 1 heterocycles. The van der Waals surface area contributed by atoms with E-state index in [1.165, 1.54) is 16.7 Å². The Morgan fingerprint density at radius 1 is 1.28 bits per heavy atom. The lowest BCUT2D eigenvalue weighted by Gasteiger charge is -2.16. The van der Waals surface area contributed by atoms with E-state index in [2.05, 4.69) is 31.9 Å². The van der Waals surface area contributed by atoms with E-state index in [-0.39, 0.29) is 11.8 Å². The third kappa shape index (κ3) is 1.79. The van der Waals surface area contributed by atoms with Crippen molar-refractivity contribution in [2.75, 3.05) is 6.61 Å². The number of benzene rings is 1. The van der Waals surface area contributed by atoms with Gasteiger partial charge in [0.25, 0.3) is 0 Å². The number of rotatable bonds is 2. The number of carbonyl (C=O) groups excluding carboxylic acids is 1. The minimum atomic E-state index is -0.223. The van der Waals surface area contributed by atoms with Gasteiger partial charge in [-0.3, -0.25) is 4.79 Å². The quantitative estimate of drug-likeness (QED) is 0.864. The van der Waals surface area contributed by atoms with Crippen LogP contribution in [0.2, 0.25) is 0 Å². The predicted molar refractivity (Wildman–Crippen MR) is 75.9 cm³/mol. The van der Waals surface area contributed by atoms with E-state index in [4.69, 9.17) is 10.5 Å². The van der Waals surface area contributed by atoms with Gasteiger partial charge in [0.15, 0.2) is 0 Å². The molecule has 0 saturated carbocycles. The number of nitrogens with two attached hydrogens (primary N) is 1. The van der Waals surface area contributed by atoms with Crippen molar-refractivity contribution >= 4 is 37.8 Å². The van der Waals surface area contributed by atoms with E-state index >= 15 is 0 Å². The first kappa shape index (κ1) is 12.5. The van der Waals surface area contributed by atoms with Crippen LogP contribution in [-0.4, -0.2) is 12.5 Å². The standard InChI is InChI=1S/C13H13Br2NO2/c14-11-7-2-1-6(5-9(16)17)10(7)8-3-4-18-13(8)12(11)15/h6H,1-5H2,(H2,16,17)/t6-/m0/s1. The second-order valence-electron chi connectivity index (χ2n) is 4.83. The molecule has 1 amide bonds. The molecule has 1 aromatic rings. The van der Waals surface area contributed by atoms with E-state index in [0.29, 0.717) is 6.42 Å². The molecular formula is C13H13Br2NO2. The summed E-state index contributed by atoms with van der Waals surface area (Å²) in [5, 5.41) is 0. The zero-order chi connectivity index (χ0) is 12.9. The Labute approximate surface area is 122 Å². The maximum Gasteiger partial charge on any atom is 0.218 e. The van der Waals surface area contributed by atoms with E-state index in [9.17, 15) is 4.79 Å². The largest absolute Gasteiger partial charge is 0.492 e. The van der Waals surface area contributed by atoms with Crippen molar-refractivity contribution in [3.05, 3.63) is 25.6 Å². The van der Waals surface area contributed by atoms with Crippen LogP contribution in [0.3, 0.4) is 0 Å². The fraction of sp³-hybridized carbons (Fsp3) is 0.462. The Bertz CT molecular complexity index is 543. The van der Waals surface area contributed by atoms with Crippen molar-refractivity contribution < 1.29 is 9.53 Å². The highest BCUT2D eigenvalue weighted by molar-refractivity contribution is 9.13. The molecule has 0 fully saturated rings. The fourth-order valence-corrected chi connectivity index (χ4v) is 4.27. The van der Waals surface area contributed by atoms with Crippen molar-refractivity contribution in [2.45, 2.75) is 31.6 Å². The number of hydrogen-bond donors (Lipinski definition) is 1. The third-order valence-corrected chi connectivity index (χ3v) is 5.94. The molecular weight excluding hydrogens is 362 g/mol. The summed E-state index contributed by atoms with van der Waals surface area (Å²) in [5.74, 6) is 0.980. The summed E-state index contributed by atoms with van der Waals surface area (Å²) >= 11 is 7.23. The number of carbonyl (C=O) groups is 1. The summed E-state index contributed by atoms with van der Waals surface area (Å²) in [6, 6.07) is 0. The molecule has 1 atom stereocenters. The predicted octanol–water partition coefficient (Wildman–Crippen LogP) is 3.05. The van der Waals surface area contributed by atoms with Gasteiger partial charge in [-0.2, -0.15) is 0 Å². The van der Waals surface area contributed by atoms with Gasteiger partial charge >= 0.3 is 0 Å². The van der Waals surface area contributed by atoms with Crippen LogP contribution in [0.4, 0.5) is 0 Å². The molecule has 0 unspecified atom stereocenters. The fourth-order valence-electron chi connectivity index (χ4n) is 3.09. The van der Waals surface area contributed by atoms with Crippen LogP contribution in [0.5, 0.6) is 5.75 Å². The molecule has 3 rings (SSSR count). The molecule has 96 valence electrons. The number of primary amides is 1. The highest BCUT2D eigenvalue weighted by Crippen LogP contribution is 2.50. The SMILES string of the molecule is NC(=O)C[C@@H]1CCc2c(Br)c(Br)c3c(c21)CCO3. The van der Waals surface area contributed by atoms with Crippen LogP contribution in [-0.2, 0) is 17.6 Å². The molecule has 1 aliphatic carbocycles. The maximum absolute atomic E-state index is 11.2. The first-order valence-corrected chi connectivity index (χ1v) is 7.62. The minimum Gasteiger partial charge on any atom is -0.492 e. The van der Waals surface area contributed by atoms with E-state index < -0.39 is 0 Å². The van der Waals surface area contributed by atoms with Gasteiger partial charge in [-0.05, 0) is 61.7 Å². The Balaban J connectivity index is 2.15. The van der Waals surface area contributed by atoms with Crippen molar-refractivity contribution in [1.82, 2.24) is 0 Å². The van der Waals surface area contributed by atoms with Gasteiger partial charge < -0.3 is 10.5 Å². The topological polar surface area (TPSA) is 52.3 Å².